The maximum absolute atomic E-state index is 5.91. The Labute approximate surface area is 158 Å². The third-order valence-electron chi connectivity index (χ3n) is 6.04. The van der Waals surface area contributed by atoms with Crippen LogP contribution in [0.25, 0.3) is 0 Å². The molecule has 1 saturated carbocycles. The number of rotatable bonds is 4. The van der Waals surface area contributed by atoms with Crippen LogP contribution >= 0.6 is 24.0 Å². The molecular formula is C18H34IN3O. The lowest BCUT2D eigenvalue weighted by Crippen LogP contribution is -2.48. The molecule has 0 spiro atoms. The van der Waals surface area contributed by atoms with E-state index >= 15 is 0 Å². The highest BCUT2D eigenvalue weighted by molar-refractivity contribution is 14.0. The summed E-state index contributed by atoms with van der Waals surface area (Å²) in [5.41, 5.74) is 0. The second-order valence-corrected chi connectivity index (χ2v) is 7.84. The Bertz CT molecular complexity index is 394. The molecule has 0 aromatic rings. The summed E-state index contributed by atoms with van der Waals surface area (Å²) in [6, 6.07) is 0.460. The Balaban J connectivity index is 0.00000192. The number of ether oxygens (including phenoxy) is 1. The molecule has 0 aromatic carbocycles. The molecule has 2 saturated heterocycles. The second-order valence-electron chi connectivity index (χ2n) is 7.84. The quantitative estimate of drug-likeness (QED) is 0.403. The number of aliphatic imine (C=N–C) groups is 1. The highest BCUT2D eigenvalue weighted by Crippen LogP contribution is 2.34. The minimum atomic E-state index is 0. The van der Waals surface area contributed by atoms with E-state index in [0.29, 0.717) is 18.2 Å². The highest BCUT2D eigenvalue weighted by Gasteiger charge is 2.41. The average molecular weight is 435 g/mol. The predicted octanol–water partition coefficient (Wildman–Crippen LogP) is 3.55. The van der Waals surface area contributed by atoms with Gasteiger partial charge in [-0.1, -0.05) is 13.8 Å². The molecule has 1 aliphatic carbocycles. The van der Waals surface area contributed by atoms with Gasteiger partial charge in [-0.2, -0.15) is 0 Å². The van der Waals surface area contributed by atoms with Crippen LogP contribution in [0.5, 0.6) is 0 Å². The van der Waals surface area contributed by atoms with E-state index in [1.165, 1.54) is 38.5 Å². The third kappa shape index (κ3) is 4.97. The Morgan fingerprint density at radius 2 is 1.87 bits per heavy atom. The lowest BCUT2D eigenvalue weighted by molar-refractivity contribution is 0.0992. The lowest BCUT2D eigenvalue weighted by Gasteiger charge is -2.31. The normalized spacial score (nSPS) is 36.9. The van der Waals surface area contributed by atoms with Gasteiger partial charge in [0.2, 0.25) is 0 Å². The van der Waals surface area contributed by atoms with Crippen LogP contribution in [0.15, 0.2) is 4.99 Å². The molecule has 3 aliphatic rings. The maximum Gasteiger partial charge on any atom is 0.191 e. The Hall–Kier alpha value is -0.0400. The van der Waals surface area contributed by atoms with E-state index in [1.807, 2.05) is 7.05 Å². The molecule has 3 unspecified atom stereocenters. The first-order valence-corrected chi connectivity index (χ1v) is 9.28. The predicted molar refractivity (Wildman–Crippen MR) is 106 cm³/mol. The fourth-order valence-electron chi connectivity index (χ4n) is 4.46. The smallest absolute Gasteiger partial charge is 0.191 e. The summed E-state index contributed by atoms with van der Waals surface area (Å²) in [7, 11) is 1.87. The molecule has 134 valence electrons. The molecule has 2 N–H and O–H groups in total. The van der Waals surface area contributed by atoms with Gasteiger partial charge < -0.3 is 15.4 Å². The van der Waals surface area contributed by atoms with Crippen molar-refractivity contribution in [2.75, 3.05) is 13.6 Å². The first-order valence-electron chi connectivity index (χ1n) is 9.28. The summed E-state index contributed by atoms with van der Waals surface area (Å²) in [4.78, 5) is 4.40. The Morgan fingerprint density at radius 3 is 2.39 bits per heavy atom. The third-order valence-corrected chi connectivity index (χ3v) is 6.04. The zero-order chi connectivity index (χ0) is 15.5. The standard InChI is InChI=1S/C18H33N3O.HI/c1-12(2)14-6-4-13(5-7-14)11-20-18(19-3)21-16-10-15-8-9-17(16)22-15;/h12-17H,4-11H2,1-3H3,(H2,19,20,21);1H. The van der Waals surface area contributed by atoms with Crippen molar-refractivity contribution in [2.24, 2.45) is 22.7 Å². The van der Waals surface area contributed by atoms with E-state index in [2.05, 4.69) is 29.5 Å². The van der Waals surface area contributed by atoms with Gasteiger partial charge in [-0.15, -0.1) is 24.0 Å². The van der Waals surface area contributed by atoms with Gasteiger partial charge in [-0.3, -0.25) is 4.99 Å². The SMILES string of the molecule is CN=C(NCC1CCC(C(C)C)CC1)NC1CC2CCC1O2.I. The number of guanidine groups is 1. The van der Waals surface area contributed by atoms with Gasteiger partial charge in [0, 0.05) is 13.6 Å². The fraction of sp³-hybridized carbons (Fsp3) is 0.944. The van der Waals surface area contributed by atoms with Crippen molar-refractivity contribution >= 4 is 29.9 Å². The van der Waals surface area contributed by atoms with E-state index in [-0.39, 0.29) is 24.0 Å². The van der Waals surface area contributed by atoms with Crippen LogP contribution < -0.4 is 10.6 Å². The lowest BCUT2D eigenvalue weighted by atomic mass is 9.77. The van der Waals surface area contributed by atoms with E-state index in [9.17, 15) is 0 Å². The highest BCUT2D eigenvalue weighted by atomic mass is 127. The molecule has 5 heteroatoms. The van der Waals surface area contributed by atoms with Crippen molar-refractivity contribution in [1.82, 2.24) is 10.6 Å². The molecule has 23 heavy (non-hydrogen) atoms. The van der Waals surface area contributed by atoms with Crippen LogP contribution in [0.2, 0.25) is 0 Å². The summed E-state index contributed by atoms with van der Waals surface area (Å²) in [6.07, 6.45) is 10.0. The summed E-state index contributed by atoms with van der Waals surface area (Å²) in [5, 5.41) is 7.13. The topological polar surface area (TPSA) is 45.7 Å². The largest absolute Gasteiger partial charge is 0.373 e. The molecule has 2 bridgehead atoms. The maximum atomic E-state index is 5.91. The van der Waals surface area contributed by atoms with Gasteiger partial charge in [-0.25, -0.2) is 0 Å². The molecule has 0 radical (unpaired) electrons. The minimum Gasteiger partial charge on any atom is -0.373 e. The molecular weight excluding hydrogens is 401 g/mol. The van der Waals surface area contributed by atoms with Crippen molar-refractivity contribution in [3.8, 4) is 0 Å². The van der Waals surface area contributed by atoms with Crippen LogP contribution in [0.4, 0.5) is 0 Å². The van der Waals surface area contributed by atoms with E-state index < -0.39 is 0 Å². The monoisotopic (exact) mass is 435 g/mol. The number of nitrogens with zero attached hydrogens (tertiary/aromatic N) is 1. The van der Waals surface area contributed by atoms with E-state index in [4.69, 9.17) is 4.74 Å². The van der Waals surface area contributed by atoms with Gasteiger partial charge in [0.25, 0.3) is 0 Å². The van der Waals surface area contributed by atoms with Crippen LogP contribution in [0.1, 0.15) is 58.8 Å². The Kier molecular flexibility index (Phi) is 7.45. The molecule has 2 aliphatic heterocycles. The van der Waals surface area contributed by atoms with Crippen LogP contribution in [-0.4, -0.2) is 37.8 Å². The van der Waals surface area contributed by atoms with E-state index in [1.54, 1.807) is 0 Å². The summed E-state index contributed by atoms with van der Waals surface area (Å²) in [5.74, 6) is 3.57. The Morgan fingerprint density at radius 1 is 1.13 bits per heavy atom. The summed E-state index contributed by atoms with van der Waals surface area (Å²) < 4.78 is 5.91. The number of hydrogen-bond acceptors (Lipinski definition) is 2. The summed E-state index contributed by atoms with van der Waals surface area (Å²) in [6.45, 7) is 5.80. The van der Waals surface area contributed by atoms with Crippen molar-refractivity contribution < 1.29 is 4.74 Å². The number of halogens is 1. The van der Waals surface area contributed by atoms with Crippen LogP contribution in [0, 0.1) is 17.8 Å². The van der Waals surface area contributed by atoms with Gasteiger partial charge in [-0.05, 0) is 62.7 Å². The van der Waals surface area contributed by atoms with Gasteiger partial charge in [0.1, 0.15) is 0 Å². The minimum absolute atomic E-state index is 0. The van der Waals surface area contributed by atoms with Crippen LogP contribution in [0.3, 0.4) is 0 Å². The molecule has 0 amide bonds. The van der Waals surface area contributed by atoms with Crippen molar-refractivity contribution in [2.45, 2.75) is 77.0 Å². The zero-order valence-electron chi connectivity index (χ0n) is 14.9. The number of nitrogens with one attached hydrogen (secondary N) is 2. The molecule has 3 atom stereocenters. The van der Waals surface area contributed by atoms with Gasteiger partial charge in [0.15, 0.2) is 5.96 Å². The van der Waals surface area contributed by atoms with Gasteiger partial charge >= 0.3 is 0 Å². The first kappa shape index (κ1) is 19.3. The molecule has 3 fully saturated rings. The molecule has 3 rings (SSSR count). The number of fused-ring (bicyclic) bond motifs is 2. The first-order chi connectivity index (χ1) is 10.7. The van der Waals surface area contributed by atoms with E-state index in [0.717, 1.165) is 36.7 Å². The van der Waals surface area contributed by atoms with Crippen molar-refractivity contribution in [3.05, 3.63) is 0 Å². The summed E-state index contributed by atoms with van der Waals surface area (Å²) >= 11 is 0. The fourth-order valence-corrected chi connectivity index (χ4v) is 4.46. The average Bonchev–Trinajstić information content (AvgIpc) is 3.14. The van der Waals surface area contributed by atoms with Crippen molar-refractivity contribution in [3.63, 3.8) is 0 Å². The molecule has 2 heterocycles. The van der Waals surface area contributed by atoms with Crippen LogP contribution in [-0.2, 0) is 4.74 Å². The van der Waals surface area contributed by atoms with Gasteiger partial charge in [0.05, 0.1) is 18.2 Å². The van der Waals surface area contributed by atoms with Crippen molar-refractivity contribution in [1.29, 1.82) is 0 Å². The molecule has 0 aromatic heterocycles. The zero-order valence-corrected chi connectivity index (χ0v) is 17.2. The molecule has 4 nitrogen and oxygen atoms in total. The second kappa shape index (κ2) is 8.88. The number of hydrogen-bond donors (Lipinski definition) is 2.